The lowest BCUT2D eigenvalue weighted by Crippen LogP contribution is -2.56. The van der Waals surface area contributed by atoms with E-state index in [4.69, 9.17) is 0 Å². The highest BCUT2D eigenvalue weighted by atomic mass is 127. The summed E-state index contributed by atoms with van der Waals surface area (Å²) in [6, 6.07) is 1.93. The van der Waals surface area contributed by atoms with Crippen molar-refractivity contribution in [3.63, 3.8) is 0 Å². The molecule has 2 bridgehead atoms. The van der Waals surface area contributed by atoms with Gasteiger partial charge in [-0.3, -0.25) is 9.20 Å². The molecule has 2 aliphatic rings. The van der Waals surface area contributed by atoms with Gasteiger partial charge >= 0.3 is 0 Å². The van der Waals surface area contributed by atoms with Crippen molar-refractivity contribution in [2.45, 2.75) is 82.7 Å². The Balaban J connectivity index is 0.00000312. The van der Waals surface area contributed by atoms with Crippen LogP contribution in [-0.4, -0.2) is 63.8 Å². The van der Waals surface area contributed by atoms with Crippen LogP contribution in [-0.2, 0) is 10.8 Å². The molecule has 7 heteroatoms. The molecule has 3 unspecified atom stereocenters. The molecule has 0 amide bonds. The smallest absolute Gasteiger partial charge is 0.191 e. The summed E-state index contributed by atoms with van der Waals surface area (Å²) >= 11 is 0. The summed E-state index contributed by atoms with van der Waals surface area (Å²) in [5, 5.41) is 6.98. The summed E-state index contributed by atoms with van der Waals surface area (Å²) in [7, 11) is 1.44. The van der Waals surface area contributed by atoms with E-state index in [0.29, 0.717) is 30.4 Å². The zero-order valence-electron chi connectivity index (χ0n) is 16.5. The molecular weight excluding hydrogens is 447 g/mol. The molecule has 0 aromatic heterocycles. The number of fused-ring (bicyclic) bond motifs is 2. The highest BCUT2D eigenvalue weighted by Gasteiger charge is 2.36. The van der Waals surface area contributed by atoms with E-state index in [2.05, 4.69) is 34.5 Å². The largest absolute Gasteiger partial charge is 0.357 e. The molecule has 2 heterocycles. The molecule has 0 saturated carbocycles. The maximum atomic E-state index is 12.2. The van der Waals surface area contributed by atoms with Crippen molar-refractivity contribution >= 4 is 40.7 Å². The minimum absolute atomic E-state index is 0. The number of nitrogens with zero attached hydrogens (tertiary/aromatic N) is 2. The molecule has 2 aliphatic heterocycles. The van der Waals surface area contributed by atoms with Gasteiger partial charge in [-0.25, -0.2) is 0 Å². The molecule has 2 rings (SSSR count). The van der Waals surface area contributed by atoms with E-state index in [-0.39, 0.29) is 28.7 Å². The molecule has 3 atom stereocenters. The molecule has 0 aromatic rings. The summed E-state index contributed by atoms with van der Waals surface area (Å²) in [5.41, 5.74) is 0. The number of guanidine groups is 1. The number of nitrogens with one attached hydrogen (secondary N) is 2. The normalized spacial score (nSPS) is 28.8. The first kappa shape index (κ1) is 23.1. The molecule has 25 heavy (non-hydrogen) atoms. The SMILES string of the molecule is CCNC(=NCCS(=O)C(C)(C)C)NC1CC2CCCC(C1)N2C.I. The zero-order chi connectivity index (χ0) is 17.7. The van der Waals surface area contributed by atoms with Gasteiger partial charge in [-0.05, 0) is 60.4 Å². The van der Waals surface area contributed by atoms with Crippen molar-refractivity contribution in [3.8, 4) is 0 Å². The molecule has 2 N–H and O–H groups in total. The first-order valence-corrected chi connectivity index (χ1v) is 10.8. The Morgan fingerprint density at radius 2 is 1.84 bits per heavy atom. The molecule has 2 fully saturated rings. The lowest BCUT2D eigenvalue weighted by molar-refractivity contribution is 0.0526. The molecular formula is C18H37IN4OS. The Labute approximate surface area is 173 Å². The van der Waals surface area contributed by atoms with Gasteiger partial charge in [0.15, 0.2) is 5.96 Å². The van der Waals surface area contributed by atoms with Crippen LogP contribution in [0.1, 0.15) is 59.8 Å². The van der Waals surface area contributed by atoms with Crippen LogP contribution in [0.2, 0.25) is 0 Å². The molecule has 0 radical (unpaired) electrons. The maximum Gasteiger partial charge on any atom is 0.191 e. The second kappa shape index (κ2) is 10.4. The molecule has 5 nitrogen and oxygen atoms in total. The number of piperidine rings is 2. The van der Waals surface area contributed by atoms with Gasteiger partial charge in [0.05, 0.1) is 6.54 Å². The third kappa shape index (κ3) is 6.97. The standard InChI is InChI=1S/C18H36N4OS.HI/c1-6-19-17(20-10-11-24(23)18(2,3)4)21-14-12-15-8-7-9-16(13-14)22(15)5;/h14-16H,6-13H2,1-5H3,(H2,19,20,21);1H. The molecule has 0 aliphatic carbocycles. The Bertz CT molecular complexity index is 452. The Kier molecular flexibility index (Phi) is 9.67. The molecule has 0 aromatic carbocycles. The number of hydrogen-bond acceptors (Lipinski definition) is 3. The van der Waals surface area contributed by atoms with Gasteiger partial charge < -0.3 is 15.5 Å². The van der Waals surface area contributed by atoms with Crippen LogP contribution >= 0.6 is 24.0 Å². The van der Waals surface area contributed by atoms with Crippen molar-refractivity contribution in [1.29, 1.82) is 0 Å². The van der Waals surface area contributed by atoms with Crippen LogP contribution < -0.4 is 10.6 Å². The summed E-state index contributed by atoms with van der Waals surface area (Å²) in [5.74, 6) is 1.51. The van der Waals surface area contributed by atoms with E-state index in [1.165, 1.54) is 32.1 Å². The van der Waals surface area contributed by atoms with Gasteiger partial charge in [-0.1, -0.05) is 6.42 Å². The fourth-order valence-corrected chi connectivity index (χ4v) is 4.66. The minimum atomic E-state index is -0.842. The maximum absolute atomic E-state index is 12.2. The lowest BCUT2D eigenvalue weighted by Gasteiger charge is -2.47. The van der Waals surface area contributed by atoms with E-state index in [1.807, 2.05) is 20.8 Å². The second-order valence-corrected chi connectivity index (χ2v) is 10.5. The van der Waals surface area contributed by atoms with Gasteiger partial charge in [0.2, 0.25) is 0 Å². The van der Waals surface area contributed by atoms with Crippen molar-refractivity contribution < 1.29 is 4.21 Å². The van der Waals surface area contributed by atoms with Crippen LogP contribution in [0.3, 0.4) is 0 Å². The highest BCUT2D eigenvalue weighted by Crippen LogP contribution is 2.32. The molecule has 148 valence electrons. The first-order chi connectivity index (χ1) is 11.3. The average molecular weight is 484 g/mol. The monoisotopic (exact) mass is 484 g/mol. The Morgan fingerprint density at radius 3 is 2.36 bits per heavy atom. The third-order valence-electron chi connectivity index (χ3n) is 5.25. The predicted molar refractivity (Wildman–Crippen MR) is 120 cm³/mol. The number of rotatable bonds is 5. The van der Waals surface area contributed by atoms with Gasteiger partial charge in [0.1, 0.15) is 0 Å². The summed E-state index contributed by atoms with van der Waals surface area (Å²) < 4.78 is 12.0. The van der Waals surface area contributed by atoms with Gasteiger partial charge in [0, 0.05) is 46.0 Å². The second-order valence-electron chi connectivity index (χ2n) is 8.14. The topological polar surface area (TPSA) is 56.7 Å². The van der Waals surface area contributed by atoms with E-state index in [0.717, 1.165) is 12.5 Å². The van der Waals surface area contributed by atoms with Crippen LogP contribution in [0, 0.1) is 0 Å². The summed E-state index contributed by atoms with van der Waals surface area (Å²) in [4.78, 5) is 7.24. The van der Waals surface area contributed by atoms with E-state index in [9.17, 15) is 4.21 Å². The van der Waals surface area contributed by atoms with Crippen LogP contribution in [0.25, 0.3) is 0 Å². The summed E-state index contributed by atoms with van der Waals surface area (Å²) in [6.07, 6.45) is 6.42. The van der Waals surface area contributed by atoms with Crippen molar-refractivity contribution in [2.75, 3.05) is 25.9 Å². The minimum Gasteiger partial charge on any atom is -0.357 e. The van der Waals surface area contributed by atoms with Crippen LogP contribution in [0.5, 0.6) is 0 Å². The van der Waals surface area contributed by atoms with E-state index < -0.39 is 10.8 Å². The Hall–Kier alpha value is 0.110. The van der Waals surface area contributed by atoms with Crippen molar-refractivity contribution in [2.24, 2.45) is 4.99 Å². The third-order valence-corrected chi connectivity index (χ3v) is 7.17. The van der Waals surface area contributed by atoms with E-state index in [1.54, 1.807) is 0 Å². The fraction of sp³-hybridized carbons (Fsp3) is 0.944. The van der Waals surface area contributed by atoms with Crippen LogP contribution in [0.4, 0.5) is 0 Å². The lowest BCUT2D eigenvalue weighted by atomic mass is 9.82. The quantitative estimate of drug-likeness (QED) is 0.358. The molecule has 0 spiro atoms. The predicted octanol–water partition coefficient (Wildman–Crippen LogP) is 2.72. The zero-order valence-corrected chi connectivity index (χ0v) is 19.7. The average Bonchev–Trinajstić information content (AvgIpc) is 2.47. The van der Waals surface area contributed by atoms with Crippen molar-refractivity contribution in [3.05, 3.63) is 0 Å². The van der Waals surface area contributed by atoms with Crippen LogP contribution in [0.15, 0.2) is 4.99 Å². The van der Waals surface area contributed by atoms with Gasteiger partial charge in [0.25, 0.3) is 0 Å². The summed E-state index contributed by atoms with van der Waals surface area (Å²) in [6.45, 7) is 9.62. The van der Waals surface area contributed by atoms with E-state index >= 15 is 0 Å². The number of halogens is 1. The molecule has 2 saturated heterocycles. The Morgan fingerprint density at radius 1 is 1.24 bits per heavy atom. The van der Waals surface area contributed by atoms with Crippen molar-refractivity contribution in [1.82, 2.24) is 15.5 Å². The number of hydrogen-bond donors (Lipinski definition) is 2. The highest BCUT2D eigenvalue weighted by molar-refractivity contribution is 14.0. The number of aliphatic imine (C=N–C) groups is 1. The fourth-order valence-electron chi connectivity index (χ4n) is 3.79. The first-order valence-electron chi connectivity index (χ1n) is 9.46. The van der Waals surface area contributed by atoms with Gasteiger partial charge in [-0.2, -0.15) is 0 Å². The van der Waals surface area contributed by atoms with Gasteiger partial charge in [-0.15, -0.1) is 24.0 Å².